The van der Waals surface area contributed by atoms with E-state index in [2.05, 4.69) is 16.7 Å². The maximum atomic E-state index is 12.9. The van der Waals surface area contributed by atoms with Crippen LogP contribution < -0.4 is 4.74 Å². The molecule has 0 unspecified atom stereocenters. The van der Waals surface area contributed by atoms with Gasteiger partial charge >= 0.3 is 12.1 Å². The molecule has 2 rings (SSSR count). The Morgan fingerprint density at radius 3 is 2.29 bits per heavy atom. The number of carbonyl (C=O) groups is 1. The van der Waals surface area contributed by atoms with Gasteiger partial charge in [-0.15, -0.1) is 0 Å². The second-order valence-corrected chi connectivity index (χ2v) is 8.44. The lowest BCUT2D eigenvalue weighted by Gasteiger charge is -2.18. The van der Waals surface area contributed by atoms with E-state index < -0.39 is 17.7 Å². The zero-order chi connectivity index (χ0) is 22.7. The van der Waals surface area contributed by atoms with Crippen LogP contribution in [0, 0.1) is 0 Å². The first-order chi connectivity index (χ1) is 14.8. The number of hydrogen-bond donors (Lipinski definition) is 0. The van der Waals surface area contributed by atoms with Gasteiger partial charge in [0.05, 0.1) is 19.3 Å². The van der Waals surface area contributed by atoms with Gasteiger partial charge in [0.15, 0.2) is 0 Å². The summed E-state index contributed by atoms with van der Waals surface area (Å²) in [6.07, 6.45) is 8.75. The number of ether oxygens (including phenoxy) is 2. The number of benzene rings is 1. The van der Waals surface area contributed by atoms with Crippen molar-refractivity contribution in [1.29, 1.82) is 0 Å². The maximum absolute atomic E-state index is 12.9. The molecule has 0 radical (unpaired) electrons. The van der Waals surface area contributed by atoms with Gasteiger partial charge in [0, 0.05) is 6.04 Å². The highest BCUT2D eigenvalue weighted by atomic mass is 19.4. The van der Waals surface area contributed by atoms with Crippen molar-refractivity contribution >= 4 is 5.97 Å². The summed E-state index contributed by atoms with van der Waals surface area (Å²) in [7, 11) is 3.37. The average molecular weight is 444 g/mol. The summed E-state index contributed by atoms with van der Waals surface area (Å²) in [5.74, 6) is -0.701. The Morgan fingerprint density at radius 2 is 1.71 bits per heavy atom. The number of hydrogen-bond acceptors (Lipinski definition) is 4. The Bertz CT molecular complexity index is 679. The Kier molecular flexibility index (Phi) is 10.6. The largest absolute Gasteiger partial charge is 0.493 e. The third-order valence-electron chi connectivity index (χ3n) is 6.07. The van der Waals surface area contributed by atoms with Gasteiger partial charge in [0.1, 0.15) is 11.3 Å². The zero-order valence-electron chi connectivity index (χ0n) is 18.8. The molecule has 0 bridgehead atoms. The summed E-state index contributed by atoms with van der Waals surface area (Å²) in [6.45, 7) is 1.61. The minimum Gasteiger partial charge on any atom is -0.493 e. The van der Waals surface area contributed by atoms with Crippen LogP contribution in [0.3, 0.4) is 0 Å². The first-order valence-corrected chi connectivity index (χ1v) is 11.5. The van der Waals surface area contributed by atoms with Crippen molar-refractivity contribution in [1.82, 2.24) is 4.90 Å². The van der Waals surface area contributed by atoms with Gasteiger partial charge in [0.25, 0.3) is 0 Å². The van der Waals surface area contributed by atoms with E-state index >= 15 is 0 Å². The second-order valence-electron chi connectivity index (χ2n) is 8.44. The summed E-state index contributed by atoms with van der Waals surface area (Å²) in [5, 5.41) is 0. The average Bonchev–Trinajstić information content (AvgIpc) is 3.15. The van der Waals surface area contributed by atoms with Gasteiger partial charge in [-0.05, 0) is 57.5 Å². The summed E-state index contributed by atoms with van der Waals surface area (Å²) >= 11 is 0. The Morgan fingerprint density at radius 1 is 1.06 bits per heavy atom. The van der Waals surface area contributed by atoms with Gasteiger partial charge in [0.2, 0.25) is 0 Å². The Hall–Kier alpha value is -1.76. The predicted octanol–water partition coefficient (Wildman–Crippen LogP) is 6.48. The Balaban J connectivity index is 1.57. The monoisotopic (exact) mass is 443 g/mol. The molecule has 0 amide bonds. The van der Waals surface area contributed by atoms with Crippen LogP contribution in [0.25, 0.3) is 0 Å². The van der Waals surface area contributed by atoms with Crippen molar-refractivity contribution in [2.75, 3.05) is 27.3 Å². The number of alkyl halides is 3. The molecule has 1 aliphatic heterocycles. The third kappa shape index (κ3) is 8.71. The number of carbonyl (C=O) groups excluding carboxylic acids is 1. The number of halogens is 3. The van der Waals surface area contributed by atoms with E-state index in [1.807, 2.05) is 0 Å². The number of methoxy groups -OCH3 is 1. The lowest BCUT2D eigenvalue weighted by molar-refractivity contribution is -0.137. The van der Waals surface area contributed by atoms with Crippen LogP contribution >= 0.6 is 0 Å². The van der Waals surface area contributed by atoms with Crippen LogP contribution in [0.4, 0.5) is 13.2 Å². The highest BCUT2D eigenvalue weighted by Gasteiger charge is 2.32. The molecule has 31 heavy (non-hydrogen) atoms. The van der Waals surface area contributed by atoms with Crippen LogP contribution in [0.5, 0.6) is 5.75 Å². The smallest absolute Gasteiger partial charge is 0.416 e. The normalized spacial score (nSPS) is 17.1. The lowest BCUT2D eigenvalue weighted by atomic mass is 10.0. The van der Waals surface area contributed by atoms with Crippen LogP contribution in [-0.4, -0.2) is 44.2 Å². The zero-order valence-corrected chi connectivity index (χ0v) is 18.8. The van der Waals surface area contributed by atoms with Crippen LogP contribution in [0.15, 0.2) is 18.2 Å². The first kappa shape index (κ1) is 25.5. The van der Waals surface area contributed by atoms with E-state index in [4.69, 9.17) is 4.74 Å². The summed E-state index contributed by atoms with van der Waals surface area (Å²) in [4.78, 5) is 14.3. The summed E-state index contributed by atoms with van der Waals surface area (Å²) in [6, 6.07) is 3.70. The molecule has 176 valence electrons. The van der Waals surface area contributed by atoms with Crippen LogP contribution in [-0.2, 0) is 10.9 Å². The molecule has 1 saturated heterocycles. The minimum atomic E-state index is -4.52. The molecule has 4 nitrogen and oxygen atoms in total. The van der Waals surface area contributed by atoms with E-state index in [1.165, 1.54) is 64.0 Å². The maximum Gasteiger partial charge on any atom is 0.416 e. The molecule has 7 heteroatoms. The molecule has 0 aliphatic carbocycles. The van der Waals surface area contributed by atoms with Crippen molar-refractivity contribution in [2.24, 2.45) is 0 Å². The summed E-state index contributed by atoms with van der Waals surface area (Å²) < 4.78 is 48.8. The standard InChI is InChI=1S/C24H36F3NO3/c1-28-16-11-13-20(28)12-9-7-5-3-4-6-8-10-17-31-22-15-14-19(24(25,26)27)18-21(22)23(29)30-2/h14-15,18,20H,3-13,16-17H2,1-2H3/t20-/m0/s1. The molecule has 0 aromatic heterocycles. The molecule has 1 heterocycles. The van der Waals surface area contributed by atoms with Crippen molar-refractivity contribution in [3.63, 3.8) is 0 Å². The lowest BCUT2D eigenvalue weighted by Crippen LogP contribution is -2.24. The fourth-order valence-electron chi connectivity index (χ4n) is 4.17. The van der Waals surface area contributed by atoms with E-state index in [0.717, 1.165) is 44.5 Å². The molecule has 0 N–H and O–H groups in total. The number of rotatable bonds is 13. The van der Waals surface area contributed by atoms with Crippen LogP contribution in [0.1, 0.15) is 86.6 Å². The van der Waals surface area contributed by atoms with Crippen molar-refractivity contribution < 1.29 is 27.4 Å². The van der Waals surface area contributed by atoms with E-state index in [0.29, 0.717) is 6.61 Å². The molecule has 0 spiro atoms. The number of nitrogens with zero attached hydrogens (tertiary/aromatic N) is 1. The van der Waals surface area contributed by atoms with Crippen LogP contribution in [0.2, 0.25) is 0 Å². The molecule has 1 aliphatic rings. The second kappa shape index (κ2) is 12.9. The van der Waals surface area contributed by atoms with Gasteiger partial charge in [-0.25, -0.2) is 4.79 Å². The fraction of sp³-hybridized carbons (Fsp3) is 0.708. The van der Waals surface area contributed by atoms with Crippen molar-refractivity contribution in [3.8, 4) is 5.75 Å². The Labute approximate surface area is 184 Å². The number of likely N-dealkylation sites (tertiary alicyclic amines) is 1. The fourth-order valence-corrected chi connectivity index (χ4v) is 4.17. The van der Waals surface area contributed by atoms with Crippen molar-refractivity contribution in [3.05, 3.63) is 29.3 Å². The van der Waals surface area contributed by atoms with Gasteiger partial charge in [-0.2, -0.15) is 13.2 Å². The topological polar surface area (TPSA) is 38.8 Å². The van der Waals surface area contributed by atoms with E-state index in [-0.39, 0.29) is 11.3 Å². The van der Waals surface area contributed by atoms with Gasteiger partial charge in [-0.3, -0.25) is 0 Å². The van der Waals surface area contributed by atoms with E-state index in [1.54, 1.807) is 0 Å². The molecule has 1 fully saturated rings. The van der Waals surface area contributed by atoms with Crippen molar-refractivity contribution in [2.45, 2.75) is 82.8 Å². The summed E-state index contributed by atoms with van der Waals surface area (Å²) in [5.41, 5.74) is -1.09. The molecule has 0 saturated carbocycles. The minimum absolute atomic E-state index is 0.132. The third-order valence-corrected chi connectivity index (χ3v) is 6.07. The number of unbranched alkanes of at least 4 members (excludes halogenated alkanes) is 7. The number of esters is 1. The SMILES string of the molecule is COC(=O)c1cc(C(F)(F)F)ccc1OCCCCCCCCCC[C@H]1CCCN1C. The van der Waals surface area contributed by atoms with Gasteiger partial charge < -0.3 is 14.4 Å². The first-order valence-electron chi connectivity index (χ1n) is 11.5. The molecule has 1 aromatic rings. The molecular weight excluding hydrogens is 407 g/mol. The molecule has 1 atom stereocenters. The van der Waals surface area contributed by atoms with E-state index in [9.17, 15) is 18.0 Å². The van der Waals surface area contributed by atoms with Gasteiger partial charge in [-0.1, -0.05) is 44.9 Å². The molecule has 1 aromatic carbocycles. The predicted molar refractivity (Wildman–Crippen MR) is 115 cm³/mol. The highest BCUT2D eigenvalue weighted by molar-refractivity contribution is 5.92. The quantitative estimate of drug-likeness (QED) is 0.258. The molecular formula is C24H36F3NO3. The highest BCUT2D eigenvalue weighted by Crippen LogP contribution is 2.33.